The SMILES string of the molecule is CC(=O)OCCCCCN1C2CCC1CC(NC(=O)c1cc3ccccc3n(C(C)C)c1=O)C2. The van der Waals surface area contributed by atoms with Gasteiger partial charge in [-0.25, -0.2) is 0 Å². The first kappa shape index (κ1) is 24.5. The summed E-state index contributed by atoms with van der Waals surface area (Å²) in [4.78, 5) is 39.9. The van der Waals surface area contributed by atoms with Crippen LogP contribution in [0.2, 0.25) is 0 Å². The van der Waals surface area contributed by atoms with Gasteiger partial charge in [0.15, 0.2) is 0 Å². The fourth-order valence-electron chi connectivity index (χ4n) is 5.77. The zero-order valence-corrected chi connectivity index (χ0v) is 20.6. The van der Waals surface area contributed by atoms with Gasteiger partial charge in [-0.3, -0.25) is 19.3 Å². The molecule has 2 bridgehead atoms. The monoisotopic (exact) mass is 467 g/mol. The fraction of sp³-hybridized carbons (Fsp3) is 0.593. The quantitative estimate of drug-likeness (QED) is 0.445. The largest absolute Gasteiger partial charge is 0.466 e. The zero-order valence-electron chi connectivity index (χ0n) is 20.6. The molecule has 7 heteroatoms. The lowest BCUT2D eigenvalue weighted by Crippen LogP contribution is -2.51. The number of unbranched alkanes of at least 4 members (excludes halogenated alkanes) is 2. The van der Waals surface area contributed by atoms with Crippen molar-refractivity contribution in [1.29, 1.82) is 0 Å². The average molecular weight is 468 g/mol. The molecule has 2 atom stereocenters. The van der Waals surface area contributed by atoms with Crippen LogP contribution in [-0.4, -0.2) is 52.6 Å². The van der Waals surface area contributed by atoms with Crippen molar-refractivity contribution in [2.24, 2.45) is 0 Å². The molecule has 2 fully saturated rings. The zero-order chi connectivity index (χ0) is 24.2. The molecule has 0 spiro atoms. The predicted octanol–water partition coefficient (Wildman–Crippen LogP) is 4.04. The maximum atomic E-state index is 13.2. The smallest absolute Gasteiger partial charge is 0.302 e. The maximum absolute atomic E-state index is 13.2. The van der Waals surface area contributed by atoms with E-state index >= 15 is 0 Å². The van der Waals surface area contributed by atoms with E-state index in [1.807, 2.05) is 38.1 Å². The molecule has 0 radical (unpaired) electrons. The van der Waals surface area contributed by atoms with Gasteiger partial charge in [0.1, 0.15) is 5.56 Å². The number of amides is 1. The Hall–Kier alpha value is -2.67. The minimum Gasteiger partial charge on any atom is -0.466 e. The number of pyridine rings is 1. The third-order valence-corrected chi connectivity index (χ3v) is 7.29. The minimum absolute atomic E-state index is 0.0294. The minimum atomic E-state index is -0.256. The number of para-hydroxylation sites is 1. The van der Waals surface area contributed by atoms with Gasteiger partial charge in [0.2, 0.25) is 0 Å². The van der Waals surface area contributed by atoms with Gasteiger partial charge in [0.25, 0.3) is 11.5 Å². The van der Waals surface area contributed by atoms with Gasteiger partial charge in [0.05, 0.1) is 12.1 Å². The third kappa shape index (κ3) is 5.35. The van der Waals surface area contributed by atoms with Crippen LogP contribution < -0.4 is 10.9 Å². The second-order valence-electron chi connectivity index (χ2n) is 10.1. The molecule has 184 valence electrons. The molecule has 2 aromatic rings. The molecule has 2 unspecified atom stereocenters. The first-order valence-corrected chi connectivity index (χ1v) is 12.7. The van der Waals surface area contributed by atoms with E-state index in [9.17, 15) is 14.4 Å². The Bertz CT molecular complexity index is 1080. The predicted molar refractivity (Wildman–Crippen MR) is 133 cm³/mol. The van der Waals surface area contributed by atoms with Crippen LogP contribution in [0, 0.1) is 0 Å². The molecule has 2 aliphatic heterocycles. The summed E-state index contributed by atoms with van der Waals surface area (Å²) in [7, 11) is 0. The highest BCUT2D eigenvalue weighted by molar-refractivity contribution is 5.97. The Labute approximate surface area is 201 Å². The molecule has 34 heavy (non-hydrogen) atoms. The lowest BCUT2D eigenvalue weighted by Gasteiger charge is -2.39. The van der Waals surface area contributed by atoms with Crippen molar-refractivity contribution in [2.75, 3.05) is 13.2 Å². The van der Waals surface area contributed by atoms with E-state index in [2.05, 4.69) is 10.2 Å². The van der Waals surface area contributed by atoms with E-state index in [4.69, 9.17) is 4.74 Å². The first-order chi connectivity index (χ1) is 16.3. The van der Waals surface area contributed by atoms with Crippen molar-refractivity contribution < 1.29 is 14.3 Å². The molecule has 2 saturated heterocycles. The molecule has 7 nitrogen and oxygen atoms in total. The number of esters is 1. The average Bonchev–Trinajstić information content (AvgIpc) is 3.02. The lowest BCUT2D eigenvalue weighted by atomic mass is 9.96. The van der Waals surface area contributed by atoms with Crippen molar-refractivity contribution in [1.82, 2.24) is 14.8 Å². The van der Waals surface area contributed by atoms with Gasteiger partial charge >= 0.3 is 5.97 Å². The van der Waals surface area contributed by atoms with Gasteiger partial charge in [-0.2, -0.15) is 0 Å². The Morgan fingerprint density at radius 2 is 1.79 bits per heavy atom. The number of benzene rings is 1. The second-order valence-corrected chi connectivity index (χ2v) is 10.1. The van der Waals surface area contributed by atoms with Gasteiger partial charge in [-0.05, 0) is 82.9 Å². The van der Waals surface area contributed by atoms with Crippen LogP contribution in [0.15, 0.2) is 35.1 Å². The standard InChI is InChI=1S/C27H37N3O4/c1-18(2)30-25-10-6-5-9-20(25)15-24(27(30)33)26(32)28-21-16-22-11-12-23(17-21)29(22)13-7-4-8-14-34-19(3)31/h5-6,9-10,15,18,21-23H,4,7-8,11-14,16-17H2,1-3H3,(H,28,32). The van der Waals surface area contributed by atoms with Gasteiger partial charge in [0, 0.05) is 31.1 Å². The van der Waals surface area contributed by atoms with Crippen LogP contribution >= 0.6 is 0 Å². The van der Waals surface area contributed by atoms with Crippen LogP contribution in [0.3, 0.4) is 0 Å². The topological polar surface area (TPSA) is 80.6 Å². The Balaban J connectivity index is 1.37. The molecular formula is C27H37N3O4. The van der Waals surface area contributed by atoms with Crippen LogP contribution in [0.4, 0.5) is 0 Å². The summed E-state index contributed by atoms with van der Waals surface area (Å²) < 4.78 is 6.73. The van der Waals surface area contributed by atoms with Gasteiger partial charge in [-0.15, -0.1) is 0 Å². The first-order valence-electron chi connectivity index (χ1n) is 12.7. The Morgan fingerprint density at radius 3 is 2.47 bits per heavy atom. The number of carbonyl (C=O) groups is 2. The summed E-state index contributed by atoms with van der Waals surface area (Å²) in [5, 5.41) is 4.10. The molecular weight excluding hydrogens is 430 g/mol. The Kier molecular flexibility index (Phi) is 7.71. The number of fused-ring (bicyclic) bond motifs is 3. The number of aromatic nitrogens is 1. The number of carbonyl (C=O) groups excluding carboxylic acids is 2. The van der Waals surface area contributed by atoms with E-state index in [0.29, 0.717) is 18.7 Å². The van der Waals surface area contributed by atoms with E-state index in [-0.39, 0.29) is 35.1 Å². The highest BCUT2D eigenvalue weighted by atomic mass is 16.5. The summed E-state index contributed by atoms with van der Waals surface area (Å²) in [6, 6.07) is 10.5. The summed E-state index contributed by atoms with van der Waals surface area (Å²) in [6.45, 7) is 6.95. The van der Waals surface area contributed by atoms with Crippen molar-refractivity contribution in [3.63, 3.8) is 0 Å². The van der Waals surface area contributed by atoms with Crippen molar-refractivity contribution in [3.05, 3.63) is 46.2 Å². The second kappa shape index (κ2) is 10.7. The van der Waals surface area contributed by atoms with Crippen LogP contribution in [0.5, 0.6) is 0 Å². The molecule has 1 aromatic heterocycles. The molecule has 1 aromatic carbocycles. The Morgan fingerprint density at radius 1 is 1.09 bits per heavy atom. The van der Waals surface area contributed by atoms with Crippen molar-refractivity contribution >= 4 is 22.8 Å². The van der Waals surface area contributed by atoms with E-state index in [1.165, 1.54) is 19.8 Å². The molecule has 4 rings (SSSR count). The van der Waals surface area contributed by atoms with Crippen molar-refractivity contribution in [2.45, 2.75) is 89.9 Å². The maximum Gasteiger partial charge on any atom is 0.302 e. The molecule has 1 amide bonds. The lowest BCUT2D eigenvalue weighted by molar-refractivity contribution is -0.141. The van der Waals surface area contributed by atoms with E-state index < -0.39 is 0 Å². The van der Waals surface area contributed by atoms with Gasteiger partial charge in [-0.1, -0.05) is 18.2 Å². The number of nitrogens with one attached hydrogen (secondary N) is 1. The highest BCUT2D eigenvalue weighted by Crippen LogP contribution is 2.36. The normalized spacial score (nSPS) is 22.3. The number of piperidine rings is 1. The molecule has 1 N–H and O–H groups in total. The number of hydrogen-bond acceptors (Lipinski definition) is 5. The summed E-state index contributed by atoms with van der Waals surface area (Å²) in [5.41, 5.74) is 0.869. The molecule has 0 aliphatic carbocycles. The fourth-order valence-corrected chi connectivity index (χ4v) is 5.77. The summed E-state index contributed by atoms with van der Waals surface area (Å²) in [5.74, 6) is -0.470. The number of rotatable bonds is 9. The van der Waals surface area contributed by atoms with E-state index in [0.717, 1.165) is 49.6 Å². The third-order valence-electron chi connectivity index (χ3n) is 7.29. The summed E-state index contributed by atoms with van der Waals surface area (Å²) >= 11 is 0. The van der Waals surface area contributed by atoms with Crippen LogP contribution in [0.1, 0.15) is 82.1 Å². The number of nitrogens with zero attached hydrogens (tertiary/aromatic N) is 2. The molecule has 2 aliphatic rings. The number of hydrogen-bond donors (Lipinski definition) is 1. The van der Waals surface area contributed by atoms with Crippen molar-refractivity contribution in [3.8, 4) is 0 Å². The summed E-state index contributed by atoms with van der Waals surface area (Å²) in [6.07, 6.45) is 7.25. The van der Waals surface area contributed by atoms with E-state index in [1.54, 1.807) is 10.6 Å². The van der Waals surface area contributed by atoms with Crippen LogP contribution in [-0.2, 0) is 9.53 Å². The highest BCUT2D eigenvalue weighted by Gasteiger charge is 2.40. The van der Waals surface area contributed by atoms with Gasteiger partial charge < -0.3 is 14.6 Å². The van der Waals surface area contributed by atoms with Crippen LogP contribution in [0.25, 0.3) is 10.9 Å². The number of ether oxygens (including phenoxy) is 1. The molecule has 0 saturated carbocycles. The molecule has 3 heterocycles.